The Kier molecular flexibility index (Phi) is 6.25. The normalized spacial score (nSPS) is 13.8. The van der Waals surface area contributed by atoms with Gasteiger partial charge in [0.2, 0.25) is 5.91 Å². The van der Waals surface area contributed by atoms with E-state index in [4.69, 9.17) is 9.47 Å². The Labute approximate surface area is 175 Å². The van der Waals surface area contributed by atoms with Crippen molar-refractivity contribution in [3.8, 4) is 5.75 Å². The van der Waals surface area contributed by atoms with E-state index in [2.05, 4.69) is 5.32 Å². The summed E-state index contributed by atoms with van der Waals surface area (Å²) < 4.78 is 10.9. The number of nitrogens with one attached hydrogen (secondary N) is 1. The molecule has 30 heavy (non-hydrogen) atoms. The Morgan fingerprint density at radius 2 is 1.67 bits per heavy atom. The minimum atomic E-state index is -0.236. The first-order chi connectivity index (χ1) is 14.7. The van der Waals surface area contributed by atoms with Gasteiger partial charge in [0.15, 0.2) is 6.61 Å². The lowest BCUT2D eigenvalue weighted by molar-refractivity contribution is -0.134. The van der Waals surface area contributed by atoms with E-state index in [-0.39, 0.29) is 18.4 Å². The highest BCUT2D eigenvalue weighted by Crippen LogP contribution is 2.20. The predicted octanol–water partition coefficient (Wildman–Crippen LogP) is 3.26. The maximum Gasteiger partial charge on any atom is 0.262 e. The number of ether oxygens (including phenoxy) is 2. The Hall–Kier alpha value is -3.38. The van der Waals surface area contributed by atoms with Crippen LogP contribution in [0.5, 0.6) is 5.75 Å². The molecule has 3 aromatic carbocycles. The van der Waals surface area contributed by atoms with Gasteiger partial charge in [0.05, 0.1) is 19.6 Å². The summed E-state index contributed by atoms with van der Waals surface area (Å²) in [5.41, 5.74) is 1.58. The van der Waals surface area contributed by atoms with Crippen LogP contribution in [0.2, 0.25) is 0 Å². The van der Waals surface area contributed by atoms with Crippen molar-refractivity contribution >= 4 is 28.3 Å². The molecule has 0 aromatic heterocycles. The Morgan fingerprint density at radius 1 is 0.933 bits per heavy atom. The summed E-state index contributed by atoms with van der Waals surface area (Å²) in [4.78, 5) is 26.3. The number of hydrogen-bond acceptors (Lipinski definition) is 4. The first-order valence-electron chi connectivity index (χ1n) is 10.0. The molecular weight excluding hydrogens is 380 g/mol. The SMILES string of the molecule is O=C(COc1ccc2ccccc2c1)Nc1ccc(CC(=O)N2CCOCC2)cc1. The molecule has 3 aromatic rings. The van der Waals surface area contributed by atoms with Gasteiger partial charge in [-0.1, -0.05) is 42.5 Å². The van der Waals surface area contributed by atoms with E-state index in [1.54, 1.807) is 12.1 Å². The van der Waals surface area contributed by atoms with E-state index < -0.39 is 0 Å². The molecule has 1 saturated heterocycles. The second kappa shape index (κ2) is 9.41. The highest BCUT2D eigenvalue weighted by atomic mass is 16.5. The maximum atomic E-state index is 12.3. The van der Waals surface area contributed by atoms with Gasteiger partial charge in [-0.15, -0.1) is 0 Å². The van der Waals surface area contributed by atoms with Crippen LogP contribution in [0.3, 0.4) is 0 Å². The lowest BCUT2D eigenvalue weighted by atomic mass is 10.1. The lowest BCUT2D eigenvalue weighted by Crippen LogP contribution is -2.41. The van der Waals surface area contributed by atoms with Crippen LogP contribution in [0, 0.1) is 0 Å². The topological polar surface area (TPSA) is 67.9 Å². The first kappa shape index (κ1) is 19.9. The Bertz CT molecular complexity index is 1030. The van der Waals surface area contributed by atoms with Crippen LogP contribution in [0.1, 0.15) is 5.56 Å². The summed E-state index contributed by atoms with van der Waals surface area (Å²) in [6.07, 6.45) is 0.347. The summed E-state index contributed by atoms with van der Waals surface area (Å²) in [7, 11) is 0. The van der Waals surface area contributed by atoms with E-state index in [0.717, 1.165) is 16.3 Å². The van der Waals surface area contributed by atoms with Gasteiger partial charge < -0.3 is 19.7 Å². The number of carbonyl (C=O) groups is 2. The molecule has 0 bridgehead atoms. The Balaban J connectivity index is 1.27. The number of benzene rings is 3. The predicted molar refractivity (Wildman–Crippen MR) is 116 cm³/mol. The third-order valence-corrected chi connectivity index (χ3v) is 5.05. The third kappa shape index (κ3) is 5.15. The molecule has 0 radical (unpaired) electrons. The van der Waals surface area contributed by atoms with Gasteiger partial charge in [-0.05, 0) is 40.6 Å². The molecule has 4 rings (SSSR count). The standard InChI is InChI=1S/C24H24N2O4/c27-23(17-30-22-10-7-19-3-1-2-4-20(19)16-22)25-21-8-5-18(6-9-21)15-24(28)26-11-13-29-14-12-26/h1-10,16H,11-15,17H2,(H,25,27). The molecule has 1 fully saturated rings. The molecule has 6 nitrogen and oxygen atoms in total. The van der Waals surface area contributed by atoms with Crippen molar-refractivity contribution in [2.24, 2.45) is 0 Å². The largest absolute Gasteiger partial charge is 0.484 e. The fourth-order valence-corrected chi connectivity index (χ4v) is 3.41. The van der Waals surface area contributed by atoms with Crippen LogP contribution in [0.4, 0.5) is 5.69 Å². The monoisotopic (exact) mass is 404 g/mol. The molecule has 0 spiro atoms. The zero-order chi connectivity index (χ0) is 20.8. The Morgan fingerprint density at radius 3 is 2.43 bits per heavy atom. The van der Waals surface area contributed by atoms with Crippen molar-refractivity contribution in [1.82, 2.24) is 4.90 Å². The van der Waals surface area contributed by atoms with Crippen molar-refractivity contribution in [2.45, 2.75) is 6.42 Å². The van der Waals surface area contributed by atoms with E-state index in [1.165, 1.54) is 0 Å². The second-order valence-electron chi connectivity index (χ2n) is 7.21. The summed E-state index contributed by atoms with van der Waals surface area (Å²) in [6, 6.07) is 21.1. The van der Waals surface area contributed by atoms with Crippen molar-refractivity contribution in [1.29, 1.82) is 0 Å². The van der Waals surface area contributed by atoms with Crippen molar-refractivity contribution in [3.63, 3.8) is 0 Å². The van der Waals surface area contributed by atoms with E-state index >= 15 is 0 Å². The number of morpholine rings is 1. The number of fused-ring (bicyclic) bond motifs is 1. The number of hydrogen-bond donors (Lipinski definition) is 1. The summed E-state index contributed by atoms with van der Waals surface area (Å²) >= 11 is 0. The quantitative estimate of drug-likeness (QED) is 0.685. The van der Waals surface area contributed by atoms with Gasteiger partial charge in [0.25, 0.3) is 5.91 Å². The zero-order valence-electron chi connectivity index (χ0n) is 16.7. The minimum Gasteiger partial charge on any atom is -0.484 e. The fraction of sp³-hybridized carbons (Fsp3) is 0.250. The van der Waals surface area contributed by atoms with Crippen LogP contribution in [0.15, 0.2) is 66.7 Å². The second-order valence-corrected chi connectivity index (χ2v) is 7.21. The van der Waals surface area contributed by atoms with Gasteiger partial charge in [0.1, 0.15) is 5.75 Å². The van der Waals surface area contributed by atoms with Crippen LogP contribution in [0.25, 0.3) is 10.8 Å². The summed E-state index contributed by atoms with van der Waals surface area (Å²) in [6.45, 7) is 2.40. The van der Waals surface area contributed by atoms with E-state index in [0.29, 0.717) is 44.2 Å². The zero-order valence-corrected chi connectivity index (χ0v) is 16.7. The van der Waals surface area contributed by atoms with Gasteiger partial charge in [-0.25, -0.2) is 0 Å². The van der Waals surface area contributed by atoms with Crippen molar-refractivity contribution in [3.05, 3.63) is 72.3 Å². The van der Waals surface area contributed by atoms with Crippen molar-refractivity contribution < 1.29 is 19.1 Å². The smallest absolute Gasteiger partial charge is 0.262 e. The molecule has 6 heteroatoms. The van der Waals surface area contributed by atoms with Crippen LogP contribution in [-0.2, 0) is 20.7 Å². The average Bonchev–Trinajstić information content (AvgIpc) is 2.79. The molecule has 0 atom stereocenters. The van der Waals surface area contributed by atoms with Gasteiger partial charge in [0, 0.05) is 18.8 Å². The third-order valence-electron chi connectivity index (χ3n) is 5.05. The molecule has 154 valence electrons. The van der Waals surface area contributed by atoms with E-state index in [9.17, 15) is 9.59 Å². The lowest BCUT2D eigenvalue weighted by Gasteiger charge is -2.26. The highest BCUT2D eigenvalue weighted by molar-refractivity contribution is 5.92. The highest BCUT2D eigenvalue weighted by Gasteiger charge is 2.17. The maximum absolute atomic E-state index is 12.3. The number of amides is 2. The molecule has 0 aliphatic carbocycles. The molecule has 1 heterocycles. The molecule has 1 N–H and O–H groups in total. The number of carbonyl (C=O) groups excluding carboxylic acids is 2. The van der Waals surface area contributed by atoms with Gasteiger partial charge >= 0.3 is 0 Å². The first-order valence-corrected chi connectivity index (χ1v) is 10.0. The summed E-state index contributed by atoms with van der Waals surface area (Å²) in [5.74, 6) is 0.514. The van der Waals surface area contributed by atoms with Crippen LogP contribution < -0.4 is 10.1 Å². The molecule has 0 unspecified atom stereocenters. The van der Waals surface area contributed by atoms with E-state index in [1.807, 2.05) is 59.5 Å². The van der Waals surface area contributed by atoms with Gasteiger partial charge in [-0.2, -0.15) is 0 Å². The number of rotatable bonds is 6. The van der Waals surface area contributed by atoms with Crippen LogP contribution in [-0.4, -0.2) is 49.6 Å². The average molecular weight is 404 g/mol. The molecule has 0 saturated carbocycles. The van der Waals surface area contributed by atoms with Crippen molar-refractivity contribution in [2.75, 3.05) is 38.2 Å². The number of anilines is 1. The fourth-order valence-electron chi connectivity index (χ4n) is 3.41. The molecule has 1 aliphatic rings. The molecule has 1 aliphatic heterocycles. The summed E-state index contributed by atoms with van der Waals surface area (Å²) in [5, 5.41) is 5.01. The minimum absolute atomic E-state index is 0.0738. The molecule has 2 amide bonds. The van der Waals surface area contributed by atoms with Gasteiger partial charge in [-0.3, -0.25) is 9.59 Å². The van der Waals surface area contributed by atoms with Crippen LogP contribution >= 0.6 is 0 Å². The molecular formula is C24H24N2O4. The number of nitrogens with zero attached hydrogens (tertiary/aromatic N) is 1.